The van der Waals surface area contributed by atoms with E-state index >= 15 is 0 Å². The van der Waals surface area contributed by atoms with Crippen LogP contribution in [0.15, 0.2) is 93.8 Å². The zero-order valence-corrected chi connectivity index (χ0v) is 38.4. The predicted molar refractivity (Wildman–Crippen MR) is 233 cm³/mol. The van der Waals surface area contributed by atoms with Gasteiger partial charge < -0.3 is 0 Å². The Labute approximate surface area is 349 Å². The van der Waals surface area contributed by atoms with E-state index in [1.54, 1.807) is 0 Å². The first-order valence-electron chi connectivity index (χ1n) is 18.0. The topological polar surface area (TPSA) is 26.3 Å². The summed E-state index contributed by atoms with van der Waals surface area (Å²) in [7, 11) is 0. The van der Waals surface area contributed by atoms with Crippen LogP contribution >= 0.6 is 48.0 Å². The van der Waals surface area contributed by atoms with E-state index in [1.807, 2.05) is 24.3 Å². The fourth-order valence-corrected chi connectivity index (χ4v) is 28.5. The Kier molecular flexibility index (Phi) is 12.1. The van der Waals surface area contributed by atoms with Crippen LogP contribution in [0.3, 0.4) is 0 Å². The third-order valence-electron chi connectivity index (χ3n) is 11.2. The molecular formula is C46H44Cl4O2SiZr. The van der Waals surface area contributed by atoms with Gasteiger partial charge in [0.1, 0.15) is 0 Å². The second-order valence-electron chi connectivity index (χ2n) is 14.7. The van der Waals surface area contributed by atoms with E-state index in [0.717, 1.165) is 33.1 Å². The fourth-order valence-electron chi connectivity index (χ4n) is 8.52. The second kappa shape index (κ2) is 16.0. The van der Waals surface area contributed by atoms with Crippen molar-refractivity contribution in [2.75, 3.05) is 0 Å². The molecule has 276 valence electrons. The summed E-state index contributed by atoms with van der Waals surface area (Å²) in [6.45, 7) is 18.4. The Bertz CT molecular complexity index is 2350. The maximum absolute atomic E-state index is 6.56. The van der Waals surface area contributed by atoms with E-state index in [0.29, 0.717) is 7.25 Å². The average Bonchev–Trinajstić information content (AvgIpc) is 3.90. The molecule has 8 rings (SSSR count). The molecule has 2 aliphatic carbocycles. The maximum atomic E-state index is 6.56. The van der Waals surface area contributed by atoms with Gasteiger partial charge in [0.15, 0.2) is 0 Å². The molecule has 2 nitrogen and oxygen atoms in total. The molecule has 2 aliphatic rings. The summed E-state index contributed by atoms with van der Waals surface area (Å²) in [4.78, 5) is 0. The average molecular weight is 890 g/mol. The molecule has 0 fully saturated rings. The minimum atomic E-state index is -2.71. The third kappa shape index (κ3) is 7.06. The number of allylic oxidation sites excluding steroid dienone is 2. The van der Waals surface area contributed by atoms with Crippen LogP contribution < -0.4 is 0 Å². The van der Waals surface area contributed by atoms with Gasteiger partial charge in [-0.25, -0.2) is 0 Å². The summed E-state index contributed by atoms with van der Waals surface area (Å²) in [5.41, 5.74) is 17.8. The van der Waals surface area contributed by atoms with Crippen molar-refractivity contribution in [3.8, 4) is 22.3 Å². The molecule has 2 aromatic heterocycles. The van der Waals surface area contributed by atoms with Gasteiger partial charge in [0.05, 0.1) is 0 Å². The molecule has 54 heavy (non-hydrogen) atoms. The van der Waals surface area contributed by atoms with Gasteiger partial charge in [-0.1, -0.05) is 0 Å². The van der Waals surface area contributed by atoms with Crippen LogP contribution in [0.2, 0.25) is 23.1 Å². The van der Waals surface area contributed by atoms with Crippen LogP contribution in [-0.4, -0.2) is 5.43 Å². The van der Waals surface area contributed by atoms with E-state index in [-0.39, 0.29) is 24.8 Å². The van der Waals surface area contributed by atoms with Gasteiger partial charge in [-0.15, -0.1) is 24.8 Å². The van der Waals surface area contributed by atoms with Crippen LogP contribution in [0.25, 0.3) is 45.6 Å². The third-order valence-corrected chi connectivity index (χ3v) is 30.9. The minimum absolute atomic E-state index is 0. The van der Waals surface area contributed by atoms with Crippen LogP contribution in [0.5, 0.6) is 0 Å². The Morgan fingerprint density at radius 1 is 0.537 bits per heavy atom. The van der Waals surface area contributed by atoms with Gasteiger partial charge in [0.25, 0.3) is 0 Å². The molecule has 2 heterocycles. The molecule has 0 bridgehead atoms. The second-order valence-corrected chi connectivity index (χ2v) is 33.5. The number of hydrogen-bond donors (Lipinski definition) is 0. The summed E-state index contributed by atoms with van der Waals surface area (Å²) >= 11 is 10.1. The summed E-state index contributed by atoms with van der Waals surface area (Å²) in [6.07, 6.45) is 4.96. The van der Waals surface area contributed by atoms with E-state index in [9.17, 15) is 0 Å². The first kappa shape index (κ1) is 40.8. The normalized spacial score (nSPS) is 15.5. The molecule has 0 aliphatic heterocycles. The Hall–Kier alpha value is -2.82. The number of fused-ring (bicyclic) bond motifs is 2. The van der Waals surface area contributed by atoms with Crippen molar-refractivity contribution in [3.05, 3.63) is 163 Å². The number of rotatable bonds is 6. The van der Waals surface area contributed by atoms with Crippen molar-refractivity contribution in [2.24, 2.45) is 0 Å². The smallest absolute Gasteiger partial charge is 0.147 e. The summed E-state index contributed by atoms with van der Waals surface area (Å²) in [5.74, 6) is 3.88. The van der Waals surface area contributed by atoms with Gasteiger partial charge in [0.2, 0.25) is 0 Å². The summed E-state index contributed by atoms with van der Waals surface area (Å²) in [5, 5.41) is 1.50. The van der Waals surface area contributed by atoms with Crippen LogP contribution in [0, 0.1) is 41.5 Å². The Morgan fingerprint density at radius 3 is 1.22 bits per heavy atom. The van der Waals surface area contributed by atoms with E-state index in [1.165, 1.54) is 77.9 Å². The molecule has 2 unspecified atom stereocenters. The first-order valence-corrected chi connectivity index (χ1v) is 27.7. The van der Waals surface area contributed by atoms with Gasteiger partial charge in [-0.05, 0) is 0 Å². The van der Waals surface area contributed by atoms with Crippen LogP contribution in [-0.2, 0) is 20.4 Å². The Balaban J connectivity index is 0.00000249. The van der Waals surface area contributed by atoms with E-state index < -0.39 is 25.8 Å². The summed E-state index contributed by atoms with van der Waals surface area (Å²) in [6, 6.07) is 30.4. The predicted octanol–water partition coefficient (Wildman–Crippen LogP) is 15.0. The first-order chi connectivity index (χ1) is 24.9. The molecule has 4 aromatic carbocycles. The van der Waals surface area contributed by atoms with Crippen LogP contribution in [0.4, 0.5) is 0 Å². The van der Waals surface area contributed by atoms with Gasteiger partial charge in [-0.2, -0.15) is 0 Å². The van der Waals surface area contributed by atoms with Crippen molar-refractivity contribution in [1.29, 1.82) is 0 Å². The minimum Gasteiger partial charge on any atom is -0.147 e. The fraction of sp³-hybridized carbons (Fsp3) is 0.217. The van der Waals surface area contributed by atoms with Crippen molar-refractivity contribution < 1.29 is 29.2 Å². The monoisotopic (exact) mass is 886 g/mol. The number of furan rings is 2. The molecule has 0 spiro atoms. The number of benzene rings is 4. The van der Waals surface area contributed by atoms with Crippen molar-refractivity contribution in [2.45, 2.75) is 61.9 Å². The van der Waals surface area contributed by atoms with Crippen molar-refractivity contribution >= 4 is 76.7 Å². The molecular weight excluding hydrogens is 846 g/mol. The standard InChI is InChI=1S/2C22H18ClO.C2H6Si.2ClH.Zr/c2*1-13-10-17-11-18(21-9-4-14(2)24-21)12-20(17)22(15(13)3)16-5-7-19(23)8-6-16;1-3-2;;;/h2*4-12H,1-3H3;1-2H3;2*1H;. The zero-order valence-electron chi connectivity index (χ0n) is 31.8. The van der Waals surface area contributed by atoms with Crippen molar-refractivity contribution in [1.82, 2.24) is 0 Å². The summed E-state index contributed by atoms with van der Waals surface area (Å²) < 4.78 is 13.7. The van der Waals surface area contributed by atoms with Gasteiger partial charge in [0, 0.05) is 0 Å². The number of aryl methyl sites for hydroxylation is 4. The van der Waals surface area contributed by atoms with Crippen LogP contribution in [0.1, 0.15) is 74.8 Å². The number of hydrogen-bond acceptors (Lipinski definition) is 2. The quantitative estimate of drug-likeness (QED) is 0.156. The van der Waals surface area contributed by atoms with Gasteiger partial charge in [-0.3, -0.25) is 0 Å². The molecule has 0 amide bonds. The van der Waals surface area contributed by atoms with Gasteiger partial charge >= 0.3 is 328 Å². The molecule has 0 N–H and O–H groups in total. The molecule has 0 saturated heterocycles. The van der Waals surface area contributed by atoms with Crippen molar-refractivity contribution in [3.63, 3.8) is 0 Å². The molecule has 8 heteroatoms. The Morgan fingerprint density at radius 2 is 0.907 bits per heavy atom. The molecule has 0 saturated carbocycles. The van der Waals surface area contributed by atoms with E-state index in [2.05, 4.69) is 127 Å². The largest absolute Gasteiger partial charge is 0.147 e. The molecule has 6 aromatic rings. The zero-order chi connectivity index (χ0) is 36.6. The SMILES string of the molecule is Cc1ccc(C2=Cc3c(cc(C)c(C)c3-c3ccc(Cl)cc3)[CH]2[Zr]([CH]2C(c3ccc(C)o3)=Cc3c2cc(C)c(C)c3-c2ccc(Cl)cc2)=[Si](C)C)o1.Cl.Cl. The number of halogens is 4. The maximum Gasteiger partial charge on any atom is -0.147 e. The van der Waals surface area contributed by atoms with E-state index in [4.69, 9.17) is 32.0 Å². The molecule has 0 radical (unpaired) electrons. The molecule has 2 atom stereocenters.